The van der Waals surface area contributed by atoms with Crippen molar-refractivity contribution in [2.45, 2.75) is 117 Å². The number of aliphatic hydroxyl groups is 4. The highest BCUT2D eigenvalue weighted by Gasteiger charge is 2.61. The maximum Gasteiger partial charge on any atom is 0.0832 e. The minimum Gasteiger partial charge on any atom is -0.390 e. The van der Waals surface area contributed by atoms with Gasteiger partial charge in [0.05, 0.1) is 24.4 Å². The lowest BCUT2D eigenvalue weighted by molar-refractivity contribution is -0.110. The molecule has 0 unspecified atom stereocenters. The van der Waals surface area contributed by atoms with Gasteiger partial charge in [-0.3, -0.25) is 0 Å². The molecule has 0 aromatic heterocycles. The topological polar surface area (TPSA) is 80.9 Å². The second kappa shape index (κ2) is 9.22. The van der Waals surface area contributed by atoms with E-state index in [9.17, 15) is 20.4 Å². The van der Waals surface area contributed by atoms with E-state index in [1.54, 1.807) is 0 Å². The first-order valence-corrected chi connectivity index (χ1v) is 13.9. The average molecular weight is 463 g/mol. The zero-order valence-corrected chi connectivity index (χ0v) is 21.9. The van der Waals surface area contributed by atoms with E-state index in [0.29, 0.717) is 29.6 Å². The molecule has 12 atom stereocenters. The number of fused-ring (bicyclic) bond motifs is 5. The van der Waals surface area contributed by atoms with Crippen LogP contribution in [0.3, 0.4) is 0 Å². The summed E-state index contributed by atoms with van der Waals surface area (Å²) in [4.78, 5) is 0. The monoisotopic (exact) mass is 462 g/mol. The highest BCUT2D eigenvalue weighted by atomic mass is 16.3. The molecule has 4 rings (SSSR count). The summed E-state index contributed by atoms with van der Waals surface area (Å²) >= 11 is 0. The number of rotatable bonds is 6. The van der Waals surface area contributed by atoms with E-state index in [0.717, 1.165) is 37.7 Å². The summed E-state index contributed by atoms with van der Waals surface area (Å²) in [7, 11) is 0. The van der Waals surface area contributed by atoms with Gasteiger partial charge in [-0.2, -0.15) is 0 Å². The van der Waals surface area contributed by atoms with Gasteiger partial charge < -0.3 is 20.4 Å². The first-order valence-electron chi connectivity index (χ1n) is 13.9. The van der Waals surface area contributed by atoms with Gasteiger partial charge in [-0.1, -0.05) is 54.0 Å². The maximum absolute atomic E-state index is 11.3. The van der Waals surface area contributed by atoms with Crippen molar-refractivity contribution >= 4 is 0 Å². The van der Waals surface area contributed by atoms with Crippen molar-refractivity contribution in [3.05, 3.63) is 11.6 Å². The van der Waals surface area contributed by atoms with E-state index in [1.807, 2.05) is 6.08 Å². The molecule has 4 heteroatoms. The summed E-state index contributed by atoms with van der Waals surface area (Å²) in [6.07, 6.45) is 7.87. The van der Waals surface area contributed by atoms with Crippen LogP contribution in [-0.2, 0) is 0 Å². The van der Waals surface area contributed by atoms with Gasteiger partial charge in [0, 0.05) is 0 Å². The van der Waals surface area contributed by atoms with E-state index in [2.05, 4.69) is 41.5 Å². The van der Waals surface area contributed by atoms with Gasteiger partial charge >= 0.3 is 0 Å². The van der Waals surface area contributed by atoms with Crippen LogP contribution in [0.1, 0.15) is 92.9 Å². The van der Waals surface area contributed by atoms with E-state index in [1.165, 1.54) is 19.3 Å². The Labute approximate surface area is 201 Å². The lowest BCUT2D eigenvalue weighted by Gasteiger charge is -2.60. The Morgan fingerprint density at radius 2 is 1.64 bits per heavy atom. The van der Waals surface area contributed by atoms with Crippen molar-refractivity contribution in [1.82, 2.24) is 0 Å². The molecule has 4 N–H and O–H groups in total. The fourth-order valence-electron chi connectivity index (χ4n) is 9.57. The Morgan fingerprint density at radius 3 is 2.27 bits per heavy atom. The van der Waals surface area contributed by atoms with Gasteiger partial charge in [0.25, 0.3) is 0 Å². The Bertz CT molecular complexity index is 733. The molecule has 0 spiro atoms. The summed E-state index contributed by atoms with van der Waals surface area (Å²) in [6, 6.07) is 0. The fourth-order valence-corrected chi connectivity index (χ4v) is 9.57. The summed E-state index contributed by atoms with van der Waals surface area (Å²) in [5, 5.41) is 43.7. The van der Waals surface area contributed by atoms with Crippen LogP contribution in [0.25, 0.3) is 0 Å². The molecule has 4 nitrogen and oxygen atoms in total. The van der Waals surface area contributed by atoms with Crippen molar-refractivity contribution in [2.24, 2.45) is 52.3 Å². The van der Waals surface area contributed by atoms with Crippen LogP contribution in [0.15, 0.2) is 11.6 Å². The Hall–Kier alpha value is -0.420. The standard InChI is InChI=1S/C29H50O4/c1-7-19(16(2)3)27(33)26(32)17(4)21-8-9-22-20-15-25(31)24-14-18(30)10-12-29(24,6)23(20)11-13-28(21,22)5/h14,16-23,25-27,30-33H,7-13,15H2,1-6H3/t17-,18-,19-,20-,21+,22-,23-,25+,26+,27+,28+,29+/m0/s1. The first kappa shape index (κ1) is 25.7. The summed E-state index contributed by atoms with van der Waals surface area (Å²) in [5.41, 5.74) is 1.27. The van der Waals surface area contributed by atoms with Crippen molar-refractivity contribution < 1.29 is 20.4 Å². The molecule has 3 fully saturated rings. The molecule has 0 radical (unpaired) electrons. The smallest absolute Gasteiger partial charge is 0.0832 e. The number of hydrogen-bond acceptors (Lipinski definition) is 4. The van der Waals surface area contributed by atoms with Gasteiger partial charge in [0.15, 0.2) is 0 Å². The highest BCUT2D eigenvalue weighted by molar-refractivity contribution is 5.29. The summed E-state index contributed by atoms with van der Waals surface area (Å²) in [6.45, 7) is 13.4. The number of hydrogen-bond donors (Lipinski definition) is 4. The molecule has 190 valence electrons. The molecule has 0 bridgehead atoms. The van der Waals surface area contributed by atoms with E-state index in [4.69, 9.17) is 0 Å². The van der Waals surface area contributed by atoms with Crippen molar-refractivity contribution in [3.8, 4) is 0 Å². The molecule has 4 aliphatic rings. The number of aliphatic hydroxyl groups excluding tert-OH is 4. The SMILES string of the molecule is CC[C@@H](C(C)C)[C@@H](O)[C@H](O)[C@@H](C)[C@H]1CC[C@H]2[C@@H]3C[C@@H](O)C4=C[C@@H](O)CC[C@]4(C)[C@H]3CC[C@]12C. The summed E-state index contributed by atoms with van der Waals surface area (Å²) < 4.78 is 0. The third-order valence-electron chi connectivity index (χ3n) is 11.5. The van der Waals surface area contributed by atoms with Gasteiger partial charge in [0.2, 0.25) is 0 Å². The molecule has 0 amide bonds. The van der Waals surface area contributed by atoms with Crippen LogP contribution in [0.4, 0.5) is 0 Å². The van der Waals surface area contributed by atoms with E-state index >= 15 is 0 Å². The summed E-state index contributed by atoms with van der Waals surface area (Å²) in [5.74, 6) is 2.62. The molecular weight excluding hydrogens is 412 g/mol. The Morgan fingerprint density at radius 1 is 0.939 bits per heavy atom. The molecule has 33 heavy (non-hydrogen) atoms. The first-order chi connectivity index (χ1) is 15.5. The molecule has 0 heterocycles. The van der Waals surface area contributed by atoms with E-state index in [-0.39, 0.29) is 22.7 Å². The predicted octanol–water partition coefficient (Wildman–Crippen LogP) is 4.94. The maximum atomic E-state index is 11.3. The van der Waals surface area contributed by atoms with Crippen molar-refractivity contribution in [3.63, 3.8) is 0 Å². The zero-order valence-electron chi connectivity index (χ0n) is 21.9. The second-order valence-corrected chi connectivity index (χ2v) is 13.2. The molecule has 0 aromatic rings. The van der Waals surface area contributed by atoms with Gasteiger partial charge in [-0.05, 0) is 103 Å². The van der Waals surface area contributed by atoms with E-state index < -0.39 is 24.4 Å². The van der Waals surface area contributed by atoms with Gasteiger partial charge in [0.1, 0.15) is 0 Å². The molecule has 0 saturated heterocycles. The van der Waals surface area contributed by atoms with Gasteiger partial charge in [-0.15, -0.1) is 0 Å². The Kier molecular flexibility index (Phi) is 7.17. The van der Waals surface area contributed by atoms with Crippen LogP contribution in [0.2, 0.25) is 0 Å². The zero-order chi connectivity index (χ0) is 24.3. The third-order valence-corrected chi connectivity index (χ3v) is 11.5. The third kappa shape index (κ3) is 4.05. The van der Waals surface area contributed by atoms with Crippen LogP contribution >= 0.6 is 0 Å². The predicted molar refractivity (Wildman–Crippen MR) is 132 cm³/mol. The fraction of sp³-hybridized carbons (Fsp3) is 0.931. The lowest BCUT2D eigenvalue weighted by atomic mass is 9.46. The van der Waals surface area contributed by atoms with Crippen LogP contribution in [-0.4, -0.2) is 44.8 Å². The van der Waals surface area contributed by atoms with Crippen LogP contribution in [0, 0.1) is 52.3 Å². The van der Waals surface area contributed by atoms with Gasteiger partial charge in [-0.25, -0.2) is 0 Å². The largest absolute Gasteiger partial charge is 0.390 e. The molecule has 0 aromatic carbocycles. The van der Waals surface area contributed by atoms with Crippen LogP contribution < -0.4 is 0 Å². The normalized spacial score (nSPS) is 46.6. The minimum absolute atomic E-state index is 0.00785. The average Bonchev–Trinajstić information content (AvgIpc) is 3.11. The quantitative estimate of drug-likeness (QED) is 0.422. The lowest BCUT2D eigenvalue weighted by Crippen LogP contribution is -2.55. The molecule has 3 saturated carbocycles. The highest BCUT2D eigenvalue weighted by Crippen LogP contribution is 2.67. The molecule has 4 aliphatic carbocycles. The van der Waals surface area contributed by atoms with Crippen LogP contribution in [0.5, 0.6) is 0 Å². The van der Waals surface area contributed by atoms with Crippen molar-refractivity contribution in [2.75, 3.05) is 0 Å². The van der Waals surface area contributed by atoms with Crippen molar-refractivity contribution in [1.29, 1.82) is 0 Å². The molecular formula is C29H50O4. The second-order valence-electron chi connectivity index (χ2n) is 13.2. The Balaban J connectivity index is 1.55. The minimum atomic E-state index is -0.681. The molecule has 0 aliphatic heterocycles.